The summed E-state index contributed by atoms with van der Waals surface area (Å²) in [7, 11) is -81.3. The smallest absolute Gasteiger partial charge is 0.333 e. The van der Waals surface area contributed by atoms with Crippen LogP contribution in [0.15, 0.2) is 34.1 Å². The molecule has 0 N–H and O–H groups in total. The van der Waals surface area contributed by atoms with Gasteiger partial charge < -0.3 is 4.74 Å². The summed E-state index contributed by atoms with van der Waals surface area (Å²) >= 11 is 0. The van der Waals surface area contributed by atoms with E-state index in [4.69, 9.17) is 0 Å². The average molecular weight is 1580 g/mol. The summed E-state index contributed by atoms with van der Waals surface area (Å²) in [5.41, 5.74) is 0. The second-order valence-electron chi connectivity index (χ2n) is 11.9. The third-order valence-corrected chi connectivity index (χ3v) is 19.3. The van der Waals surface area contributed by atoms with E-state index in [2.05, 4.69) is 4.74 Å². The van der Waals surface area contributed by atoms with Crippen molar-refractivity contribution < 1.29 is 202 Å². The van der Waals surface area contributed by atoms with Crippen LogP contribution in [0, 0.1) is 0 Å². The molecule has 1 rings (SSSR count). The number of rotatable bonds is 21. The van der Waals surface area contributed by atoms with Gasteiger partial charge in [-0.15, -0.1) is 62.2 Å². The van der Waals surface area contributed by atoms with E-state index in [1.54, 1.807) is 0 Å². The van der Waals surface area contributed by atoms with Crippen LogP contribution in [0.3, 0.4) is 0 Å². The molecule has 0 spiro atoms. The largest absolute Gasteiger partial charge is 0.344 e. The topological polar surface area (TPSA) is 555 Å². The van der Waals surface area contributed by atoms with Gasteiger partial charge in [-0.1, -0.05) is 12.1 Å². The molecule has 0 bridgehead atoms. The molecule has 0 aromatic heterocycles. The van der Waals surface area contributed by atoms with Crippen LogP contribution < -0.4 is 0 Å². The van der Waals surface area contributed by atoms with E-state index in [0.717, 1.165) is 12.1 Å². The Hall–Kier alpha value is -2.74. The van der Waals surface area contributed by atoms with Crippen molar-refractivity contribution in [3.63, 3.8) is 0 Å². The van der Waals surface area contributed by atoms with Gasteiger partial charge in [0.2, 0.25) is 20.3 Å². The van der Waals surface area contributed by atoms with Crippen LogP contribution >= 0.6 is 0 Å². The van der Waals surface area contributed by atoms with Gasteiger partial charge in [-0.25, -0.2) is 0 Å². The highest BCUT2D eigenvalue weighted by atomic mass is 32.3. The third kappa shape index (κ3) is 99.3. The molecule has 0 radical (unpaired) electrons. The van der Waals surface area contributed by atoms with Crippen molar-refractivity contribution in [1.82, 2.24) is 0 Å². The van der Waals surface area contributed by atoms with E-state index >= 15 is 0 Å². The second-order valence-corrected chi connectivity index (χ2v) is 35.5. The van der Waals surface area contributed by atoms with Crippen LogP contribution in [0.4, 0.5) is 62.2 Å². The van der Waals surface area contributed by atoms with Gasteiger partial charge in [0.1, 0.15) is 9.79 Å². The Morgan fingerprint density at radius 2 is 0.390 bits per heavy atom. The van der Waals surface area contributed by atoms with Crippen LogP contribution in [0.5, 0.6) is 0 Å². The van der Waals surface area contributed by atoms with Crippen molar-refractivity contribution >= 4 is 164 Å². The third-order valence-electron chi connectivity index (χ3n) is 4.30. The van der Waals surface area contributed by atoms with Crippen LogP contribution in [-0.4, -0.2) is 190 Å². The number of ether oxygens (including phenoxy) is 1. The minimum atomic E-state index is -5.24. The molecule has 0 unspecified atom stereocenters. The fourth-order valence-corrected chi connectivity index (χ4v) is 12.9. The van der Waals surface area contributed by atoms with Gasteiger partial charge in [0, 0.05) is 0 Å². The van der Waals surface area contributed by atoms with Crippen molar-refractivity contribution in [2.75, 3.05) is 55.2 Å². The van der Waals surface area contributed by atoms with E-state index in [0.29, 0.717) is 12.1 Å². The molecule has 82 heavy (non-hydrogen) atoms. The summed E-state index contributed by atoms with van der Waals surface area (Å²) < 4.78 is 495. The number of hydrogen-bond donors (Lipinski definition) is 0. The summed E-state index contributed by atoms with van der Waals surface area (Å²) in [4.78, 5) is -2.38. The molecular weight excluding hydrogens is 1550 g/mol. The molecule has 0 saturated carbocycles. The monoisotopic (exact) mass is 1570 g/mol. The first-order chi connectivity index (χ1) is 34.7. The molecule has 0 heterocycles. The predicted molar refractivity (Wildman–Crippen MR) is 238 cm³/mol. The Morgan fingerprint density at radius 3 is 0.488 bits per heavy atom. The Kier molecular flexibility index (Phi) is 39.9. The lowest BCUT2D eigenvalue weighted by Crippen LogP contribution is -2.09. The summed E-state index contributed by atoms with van der Waals surface area (Å²) in [5.74, 6) is -7.50. The lowest BCUT2D eigenvalue weighted by molar-refractivity contribution is 0.216. The van der Waals surface area contributed by atoms with Crippen molar-refractivity contribution in [3.8, 4) is 0 Å². The standard InChI is InChI=1S/C6H4F2O4S2.C3H6F2O4S2.C2H4F2O5S2.C2H4F2O4S2.4CH2F2O4S2/c7-13(9,10)5-3-1-2-4-6(5)14(8,11)12;4-10(6,7)2-1-3-11(5,8)9;3-10(5,6)1-9-2-11(4,7)8;3-9(5,6)1-2-10(4,7)8;4*2-8(4,5)1-9(3,6)7/h1-4H;1-3H2;1-2H2;1-2H2;4*1H2. The lowest BCUT2D eigenvalue weighted by atomic mass is 10.4. The SMILES string of the molecule is O=S(=O)(F)CCCS(=O)(=O)F.O=S(=O)(F)CCS(=O)(=O)F.O=S(=O)(F)COCS(=O)(=O)F.O=S(=O)(F)CS(=O)(=O)F.O=S(=O)(F)CS(=O)(=O)F.O=S(=O)(F)CS(=O)(=O)F.O=S(=O)(F)CS(=O)(=O)F.O=S(=O)(F)c1ccccc1S(=O)(=O)F. The molecule has 1 aromatic rings. The van der Waals surface area contributed by atoms with Crippen LogP contribution in [0.25, 0.3) is 0 Å². The molecule has 0 aliphatic heterocycles. The van der Waals surface area contributed by atoms with Crippen molar-refractivity contribution in [1.29, 1.82) is 0 Å². The number of hydrogen-bond acceptors (Lipinski definition) is 33. The van der Waals surface area contributed by atoms with E-state index in [-0.39, 0.29) is 0 Å². The average Bonchev–Trinajstić information content (AvgIpc) is 3.03. The predicted octanol–water partition coefficient (Wildman–Crippen LogP) is -1.75. The molecular formula is C17H26F16O33S16. The highest BCUT2D eigenvalue weighted by molar-refractivity contribution is 8.04. The zero-order valence-electron chi connectivity index (χ0n) is 37.1. The Morgan fingerprint density at radius 1 is 0.232 bits per heavy atom. The second kappa shape index (κ2) is 35.2. The van der Waals surface area contributed by atoms with Gasteiger partial charge in [0.15, 0.2) is 11.9 Å². The molecule has 33 nitrogen and oxygen atoms in total. The summed E-state index contributed by atoms with van der Waals surface area (Å²) in [6.07, 6.45) is -0.558. The normalized spacial score (nSPS) is 13.3. The van der Waals surface area contributed by atoms with Gasteiger partial charge in [0.05, 0.1) is 23.0 Å². The minimum absolute atomic E-state index is 0.558. The molecule has 0 saturated heterocycles. The van der Waals surface area contributed by atoms with Crippen LogP contribution in [-0.2, 0) is 168 Å². The van der Waals surface area contributed by atoms with Gasteiger partial charge in [-0.3, -0.25) is 0 Å². The molecule has 0 aliphatic rings. The quantitative estimate of drug-likeness (QED) is 0.0973. The highest BCUT2D eigenvalue weighted by Gasteiger charge is 2.26. The molecule has 1 aromatic carbocycles. The fraction of sp³-hybridized carbons (Fsp3) is 0.647. The van der Waals surface area contributed by atoms with Crippen LogP contribution in [0.1, 0.15) is 6.42 Å². The van der Waals surface area contributed by atoms with E-state index < -0.39 is 235 Å². The van der Waals surface area contributed by atoms with Crippen molar-refractivity contribution in [2.45, 2.75) is 16.2 Å². The van der Waals surface area contributed by atoms with Gasteiger partial charge in [-0.05, 0) is 18.6 Å². The summed E-state index contributed by atoms with van der Waals surface area (Å²) in [5, 5.41) is -8.39. The van der Waals surface area contributed by atoms with Crippen molar-refractivity contribution in [2.24, 2.45) is 0 Å². The first kappa shape index (κ1) is 93.0. The summed E-state index contributed by atoms with van der Waals surface area (Å²) in [6, 6.07) is 3.51. The van der Waals surface area contributed by atoms with Gasteiger partial charge in [0.25, 0.3) is 0 Å². The Bertz CT molecular complexity index is 3580. The van der Waals surface area contributed by atoms with Crippen molar-refractivity contribution in [3.05, 3.63) is 24.3 Å². The Balaban J connectivity index is -0.000000158. The fourth-order valence-electron chi connectivity index (χ4n) is 2.36. The maximum absolute atomic E-state index is 12.5. The minimum Gasteiger partial charge on any atom is -0.344 e. The summed E-state index contributed by atoms with van der Waals surface area (Å²) in [6.45, 7) is 0. The van der Waals surface area contributed by atoms with Gasteiger partial charge in [-0.2, -0.15) is 135 Å². The zero-order valence-corrected chi connectivity index (χ0v) is 50.2. The molecule has 0 aliphatic carbocycles. The van der Waals surface area contributed by atoms with Crippen LogP contribution in [0.2, 0.25) is 0 Å². The zero-order chi connectivity index (χ0) is 68.5. The maximum Gasteiger partial charge on any atom is 0.333 e. The highest BCUT2D eigenvalue weighted by Crippen LogP contribution is 2.23. The first-order valence-corrected chi connectivity index (χ1v) is 40.7. The Labute approximate surface area is 457 Å². The lowest BCUT2D eigenvalue weighted by Gasteiger charge is -1.99. The van der Waals surface area contributed by atoms with E-state index in [1.807, 2.05) is 0 Å². The molecule has 0 atom stereocenters. The molecule has 0 fully saturated rings. The molecule has 0 amide bonds. The first-order valence-electron chi connectivity index (χ1n) is 16.2. The number of halogens is 16. The van der Waals surface area contributed by atoms with Gasteiger partial charge >= 0.3 is 164 Å². The van der Waals surface area contributed by atoms with E-state index in [1.165, 1.54) is 0 Å². The molecule has 65 heteroatoms. The molecule has 500 valence electrons. The maximum atomic E-state index is 12.5. The van der Waals surface area contributed by atoms with E-state index in [9.17, 15) is 197 Å². The number of benzene rings is 1.